The van der Waals surface area contributed by atoms with E-state index in [0.29, 0.717) is 53.6 Å². The van der Waals surface area contributed by atoms with E-state index in [1.165, 1.54) is 31.3 Å². The zero-order valence-corrected chi connectivity index (χ0v) is 35.0. The quantitative estimate of drug-likeness (QED) is 0.119. The van der Waals surface area contributed by atoms with Crippen molar-refractivity contribution in [1.82, 2.24) is 30.6 Å². The number of carbonyl (C=O) groups excluding carboxylic acids is 4. The second-order valence-electron chi connectivity index (χ2n) is 16.3. The van der Waals surface area contributed by atoms with Crippen LogP contribution in [0, 0.1) is 11.7 Å². The number of amides is 4. The van der Waals surface area contributed by atoms with E-state index >= 15 is 0 Å². The molecule has 0 saturated carbocycles. The summed E-state index contributed by atoms with van der Waals surface area (Å²) in [7, 11) is 2.75. The van der Waals surface area contributed by atoms with Gasteiger partial charge in [0.2, 0.25) is 17.8 Å². The van der Waals surface area contributed by atoms with Gasteiger partial charge in [0, 0.05) is 57.0 Å². The number of methoxy groups -OCH3 is 1. The minimum atomic E-state index is -3.61. The second-order valence-corrected chi connectivity index (χ2v) is 16.3. The lowest BCUT2D eigenvalue weighted by atomic mass is 9.88. The van der Waals surface area contributed by atoms with Gasteiger partial charge >= 0.3 is 5.92 Å². The minimum Gasteiger partial charge on any atom is -0.495 e. The second kappa shape index (κ2) is 19.4. The maximum atomic E-state index is 15.0. The summed E-state index contributed by atoms with van der Waals surface area (Å²) in [5, 5.41) is 7.31. The maximum Gasteiger partial charge on any atom is 0.342 e. The SMILES string of the molecule is CCCN(CCCCc1ccc(C2CC(=O)NC(=O)C2)cc1F)CC1CCN(NC(=O)c2ccc(Nc3ncc4c(n3)N(C(C)C)CC(F)(F)C(=O)N4C)c(OC)c2)CC1. The number of aromatic nitrogens is 2. The first-order valence-corrected chi connectivity index (χ1v) is 20.8. The van der Waals surface area contributed by atoms with Gasteiger partial charge in [0.05, 0.1) is 25.5 Å². The highest BCUT2D eigenvalue weighted by Crippen LogP contribution is 2.37. The molecule has 17 heteroatoms. The van der Waals surface area contributed by atoms with Gasteiger partial charge in [-0.25, -0.2) is 14.4 Å². The molecule has 0 radical (unpaired) electrons. The van der Waals surface area contributed by atoms with Crippen LogP contribution in [0.1, 0.15) is 93.1 Å². The molecular formula is C43H56F3N9O5. The lowest BCUT2D eigenvalue weighted by Gasteiger charge is -2.35. The molecular weight excluding hydrogens is 780 g/mol. The molecule has 324 valence electrons. The monoisotopic (exact) mass is 835 g/mol. The number of nitrogens with zero attached hydrogens (tertiary/aromatic N) is 6. The van der Waals surface area contributed by atoms with E-state index in [1.807, 2.05) is 11.1 Å². The molecule has 4 amide bonds. The summed E-state index contributed by atoms with van der Waals surface area (Å²) < 4.78 is 50.1. The zero-order chi connectivity index (χ0) is 43.1. The predicted octanol–water partition coefficient (Wildman–Crippen LogP) is 5.81. The van der Waals surface area contributed by atoms with Gasteiger partial charge in [-0.2, -0.15) is 13.8 Å². The van der Waals surface area contributed by atoms with Crippen molar-refractivity contribution < 1.29 is 37.1 Å². The first-order chi connectivity index (χ1) is 28.6. The summed E-state index contributed by atoms with van der Waals surface area (Å²) in [6.45, 7) is 9.11. The Labute approximate surface area is 349 Å². The molecule has 2 fully saturated rings. The fourth-order valence-corrected chi connectivity index (χ4v) is 8.16. The number of unbranched alkanes of at least 4 members (excludes halogenated alkanes) is 1. The van der Waals surface area contributed by atoms with Crippen LogP contribution in [0.5, 0.6) is 5.75 Å². The Hall–Kier alpha value is -5.29. The number of ether oxygens (including phenoxy) is 1. The number of hydrogen-bond acceptors (Lipinski definition) is 11. The van der Waals surface area contributed by atoms with Crippen LogP contribution in [0.3, 0.4) is 0 Å². The van der Waals surface area contributed by atoms with Crippen molar-refractivity contribution in [3.05, 3.63) is 65.1 Å². The maximum absolute atomic E-state index is 15.0. The summed E-state index contributed by atoms with van der Waals surface area (Å²) in [5.41, 5.74) is 5.37. The number of alkyl halides is 2. The first kappa shape index (κ1) is 44.3. The zero-order valence-electron chi connectivity index (χ0n) is 35.0. The summed E-state index contributed by atoms with van der Waals surface area (Å²) >= 11 is 0. The molecule has 0 spiro atoms. The van der Waals surface area contributed by atoms with Gasteiger partial charge in [-0.3, -0.25) is 29.9 Å². The summed E-state index contributed by atoms with van der Waals surface area (Å²) in [6.07, 6.45) is 6.98. The van der Waals surface area contributed by atoms with E-state index in [4.69, 9.17) is 4.74 Å². The van der Waals surface area contributed by atoms with E-state index in [1.54, 1.807) is 38.1 Å². The van der Waals surface area contributed by atoms with Crippen molar-refractivity contribution in [2.24, 2.45) is 5.92 Å². The van der Waals surface area contributed by atoms with Gasteiger partial charge in [-0.1, -0.05) is 19.1 Å². The minimum absolute atomic E-state index is 0.104. The number of piperidine rings is 2. The van der Waals surface area contributed by atoms with E-state index in [9.17, 15) is 32.3 Å². The highest BCUT2D eigenvalue weighted by atomic mass is 19.3. The largest absolute Gasteiger partial charge is 0.495 e. The number of anilines is 4. The van der Waals surface area contributed by atoms with E-state index in [-0.39, 0.29) is 65.8 Å². The van der Waals surface area contributed by atoms with Crippen molar-refractivity contribution in [2.45, 2.75) is 90.0 Å². The first-order valence-electron chi connectivity index (χ1n) is 20.8. The lowest BCUT2D eigenvalue weighted by Crippen LogP contribution is -2.48. The Balaban J connectivity index is 0.971. The van der Waals surface area contributed by atoms with Gasteiger partial charge < -0.3 is 24.8 Å². The Morgan fingerprint density at radius 1 is 1.05 bits per heavy atom. The molecule has 60 heavy (non-hydrogen) atoms. The Kier molecular flexibility index (Phi) is 14.3. The van der Waals surface area contributed by atoms with Crippen LogP contribution in [0.2, 0.25) is 0 Å². The van der Waals surface area contributed by atoms with Crippen LogP contribution in [0.25, 0.3) is 0 Å². The fraction of sp³-hybridized carbons (Fsp3) is 0.535. The van der Waals surface area contributed by atoms with E-state index in [0.717, 1.165) is 56.6 Å². The van der Waals surface area contributed by atoms with Crippen LogP contribution < -0.4 is 30.6 Å². The van der Waals surface area contributed by atoms with Gasteiger partial charge in [0.25, 0.3) is 11.8 Å². The molecule has 3 aromatic rings. The van der Waals surface area contributed by atoms with Crippen molar-refractivity contribution in [2.75, 3.05) is 68.5 Å². The summed E-state index contributed by atoms with van der Waals surface area (Å²) in [6, 6.07) is 9.65. The smallest absolute Gasteiger partial charge is 0.342 e. The molecule has 2 aromatic carbocycles. The third kappa shape index (κ3) is 10.7. The molecule has 6 rings (SSSR count). The normalized spacial score (nSPS) is 17.8. The van der Waals surface area contributed by atoms with Crippen molar-refractivity contribution >= 4 is 46.8 Å². The van der Waals surface area contributed by atoms with Gasteiger partial charge in [-0.15, -0.1) is 0 Å². The van der Waals surface area contributed by atoms with E-state index in [2.05, 4.69) is 37.9 Å². The van der Waals surface area contributed by atoms with Crippen LogP contribution in [0.4, 0.5) is 36.3 Å². The number of benzene rings is 2. The van der Waals surface area contributed by atoms with Crippen LogP contribution in [-0.2, 0) is 20.8 Å². The molecule has 3 N–H and O–H groups in total. The third-order valence-corrected chi connectivity index (χ3v) is 11.5. The third-order valence-electron chi connectivity index (χ3n) is 11.5. The number of halogens is 3. The predicted molar refractivity (Wildman–Crippen MR) is 222 cm³/mol. The molecule has 0 aliphatic carbocycles. The fourth-order valence-electron chi connectivity index (χ4n) is 8.16. The number of nitrogens with one attached hydrogen (secondary N) is 3. The highest BCUT2D eigenvalue weighted by Gasteiger charge is 2.47. The number of hydrogen-bond donors (Lipinski definition) is 3. The van der Waals surface area contributed by atoms with Crippen LogP contribution >= 0.6 is 0 Å². The van der Waals surface area contributed by atoms with Crippen molar-refractivity contribution in [1.29, 1.82) is 0 Å². The summed E-state index contributed by atoms with van der Waals surface area (Å²) in [4.78, 5) is 63.0. The van der Waals surface area contributed by atoms with Gasteiger partial charge in [-0.05, 0) is 107 Å². The number of hydrazine groups is 1. The van der Waals surface area contributed by atoms with Crippen molar-refractivity contribution in [3.63, 3.8) is 0 Å². The number of fused-ring (bicyclic) bond motifs is 1. The molecule has 0 unspecified atom stereocenters. The van der Waals surface area contributed by atoms with Gasteiger partial charge in [0.15, 0.2) is 5.82 Å². The summed E-state index contributed by atoms with van der Waals surface area (Å²) in [5.74, 6) is -5.31. The number of rotatable bonds is 16. The Morgan fingerprint density at radius 3 is 2.45 bits per heavy atom. The van der Waals surface area contributed by atoms with Crippen LogP contribution in [-0.4, -0.2) is 109 Å². The molecule has 14 nitrogen and oxygen atoms in total. The average molecular weight is 836 g/mol. The molecule has 3 aliphatic rings. The molecule has 3 aliphatic heterocycles. The molecule has 2 saturated heterocycles. The average Bonchev–Trinajstić information content (AvgIpc) is 3.28. The lowest BCUT2D eigenvalue weighted by molar-refractivity contribution is -0.140. The molecule has 0 bridgehead atoms. The highest BCUT2D eigenvalue weighted by molar-refractivity contribution is 6.02. The number of aryl methyl sites for hydroxylation is 1. The molecule has 0 atom stereocenters. The molecule has 1 aromatic heterocycles. The number of imide groups is 1. The Morgan fingerprint density at radius 2 is 1.78 bits per heavy atom. The number of carbonyl (C=O) groups is 4. The van der Waals surface area contributed by atoms with Gasteiger partial charge in [0.1, 0.15) is 17.3 Å². The topological polar surface area (TPSA) is 152 Å². The van der Waals surface area contributed by atoms with E-state index < -0.39 is 18.4 Å². The van der Waals surface area contributed by atoms with Crippen molar-refractivity contribution in [3.8, 4) is 5.75 Å². The Bertz CT molecular complexity index is 2030. The molecule has 4 heterocycles. The standard InChI is InChI=1S/C43H56F3N9O5/c1-6-16-53(17-8-7-9-29-10-11-30(20-33(29)44)32-22-37(56)49-38(57)23-32)25-28-14-18-54(19-15-28)51-40(58)31-12-13-34(36(21-31)60-5)48-42-47-24-35-39(50-42)55(27(2)3)26-43(45,46)41(59)52(35)4/h10-13,20-21,24,27-28,32H,6-9,14-19,22-23,25-26H2,1-5H3,(H,51,58)(H,47,48,50)(H,49,56,57). The van der Waals surface area contributed by atoms with Crippen LogP contribution in [0.15, 0.2) is 42.6 Å².